The van der Waals surface area contributed by atoms with Gasteiger partial charge in [0, 0.05) is 26.2 Å². The summed E-state index contributed by atoms with van der Waals surface area (Å²) in [4.78, 5) is 39.1. The van der Waals surface area contributed by atoms with Gasteiger partial charge in [-0.05, 0) is 31.5 Å². The van der Waals surface area contributed by atoms with E-state index in [9.17, 15) is 14.4 Å². The Bertz CT molecular complexity index is 668. The molecular formula is C18H24N2O6. The number of hydrogen-bond acceptors (Lipinski definition) is 6. The Morgan fingerprint density at radius 1 is 1.04 bits per heavy atom. The summed E-state index contributed by atoms with van der Waals surface area (Å²) >= 11 is 0. The number of methoxy groups -OCH3 is 1. The van der Waals surface area contributed by atoms with Crippen molar-refractivity contribution in [2.24, 2.45) is 0 Å². The fourth-order valence-corrected chi connectivity index (χ4v) is 2.60. The standard InChI is InChI=1S/C18H24N2O6/c1-4-25-18(23)20-9-7-19(8-10-20)16(21)12-26-17(22)14-6-5-13(2)15(11-14)24-3/h5-6,11H,4,7-10,12H2,1-3H3. The zero-order valence-corrected chi connectivity index (χ0v) is 15.3. The zero-order valence-electron chi connectivity index (χ0n) is 15.3. The molecule has 0 spiro atoms. The van der Waals surface area contributed by atoms with E-state index in [2.05, 4.69) is 0 Å². The molecule has 0 aromatic heterocycles. The maximum absolute atomic E-state index is 12.2. The minimum absolute atomic E-state index is 0.291. The molecule has 8 nitrogen and oxygen atoms in total. The number of rotatable bonds is 5. The maximum Gasteiger partial charge on any atom is 0.409 e. The van der Waals surface area contributed by atoms with Crippen LogP contribution in [0.15, 0.2) is 18.2 Å². The number of amides is 2. The van der Waals surface area contributed by atoms with Crippen molar-refractivity contribution in [3.63, 3.8) is 0 Å². The average Bonchev–Trinajstić information content (AvgIpc) is 2.66. The van der Waals surface area contributed by atoms with Crippen LogP contribution in [-0.2, 0) is 14.3 Å². The van der Waals surface area contributed by atoms with Gasteiger partial charge in [0.2, 0.25) is 0 Å². The van der Waals surface area contributed by atoms with Crippen molar-refractivity contribution in [3.8, 4) is 5.75 Å². The monoisotopic (exact) mass is 364 g/mol. The lowest BCUT2D eigenvalue weighted by atomic mass is 10.1. The lowest BCUT2D eigenvalue weighted by Gasteiger charge is -2.33. The number of carbonyl (C=O) groups excluding carboxylic acids is 3. The number of carbonyl (C=O) groups is 3. The first-order chi connectivity index (χ1) is 12.5. The Morgan fingerprint density at radius 3 is 2.31 bits per heavy atom. The highest BCUT2D eigenvalue weighted by atomic mass is 16.6. The summed E-state index contributed by atoms with van der Waals surface area (Å²) in [5, 5.41) is 0. The molecule has 2 rings (SSSR count). The SMILES string of the molecule is CCOC(=O)N1CCN(C(=O)COC(=O)c2ccc(C)c(OC)c2)CC1. The second-order valence-corrected chi connectivity index (χ2v) is 5.83. The van der Waals surface area contributed by atoms with Crippen molar-refractivity contribution in [2.45, 2.75) is 13.8 Å². The normalized spacial score (nSPS) is 14.0. The van der Waals surface area contributed by atoms with E-state index in [1.165, 1.54) is 7.11 Å². The molecule has 0 saturated carbocycles. The smallest absolute Gasteiger partial charge is 0.409 e. The van der Waals surface area contributed by atoms with Crippen LogP contribution in [0.2, 0.25) is 0 Å². The number of aryl methyl sites for hydroxylation is 1. The van der Waals surface area contributed by atoms with Crippen LogP contribution in [0, 0.1) is 6.92 Å². The number of esters is 1. The molecule has 8 heteroatoms. The van der Waals surface area contributed by atoms with Gasteiger partial charge in [-0.15, -0.1) is 0 Å². The fourth-order valence-electron chi connectivity index (χ4n) is 2.60. The predicted molar refractivity (Wildman–Crippen MR) is 93.2 cm³/mol. The molecule has 1 aromatic carbocycles. The van der Waals surface area contributed by atoms with E-state index in [1.807, 2.05) is 6.92 Å². The molecule has 142 valence electrons. The molecule has 1 aliphatic heterocycles. The Kier molecular flexibility index (Phi) is 6.82. The third-order valence-electron chi connectivity index (χ3n) is 4.13. The third-order valence-corrected chi connectivity index (χ3v) is 4.13. The minimum atomic E-state index is -0.582. The van der Waals surface area contributed by atoms with E-state index < -0.39 is 5.97 Å². The third kappa shape index (κ3) is 4.87. The van der Waals surface area contributed by atoms with E-state index >= 15 is 0 Å². The summed E-state index contributed by atoms with van der Waals surface area (Å²) < 4.78 is 15.2. The summed E-state index contributed by atoms with van der Waals surface area (Å²) in [5.41, 5.74) is 1.23. The van der Waals surface area contributed by atoms with Crippen molar-refractivity contribution >= 4 is 18.0 Å². The van der Waals surface area contributed by atoms with Gasteiger partial charge in [0.15, 0.2) is 6.61 Å². The second-order valence-electron chi connectivity index (χ2n) is 5.83. The fraction of sp³-hybridized carbons (Fsp3) is 0.500. The number of benzene rings is 1. The molecule has 1 fully saturated rings. The second kappa shape index (κ2) is 9.07. The van der Waals surface area contributed by atoms with E-state index in [1.54, 1.807) is 34.9 Å². The lowest BCUT2D eigenvalue weighted by Crippen LogP contribution is -2.51. The summed E-state index contributed by atoms with van der Waals surface area (Å²) in [6.45, 7) is 5.15. The van der Waals surface area contributed by atoms with Gasteiger partial charge in [0.25, 0.3) is 5.91 Å². The summed E-state index contributed by atoms with van der Waals surface area (Å²) in [6, 6.07) is 4.97. The average molecular weight is 364 g/mol. The minimum Gasteiger partial charge on any atom is -0.496 e. The molecule has 0 atom stereocenters. The molecule has 1 aliphatic rings. The molecule has 1 saturated heterocycles. The van der Waals surface area contributed by atoms with Gasteiger partial charge in [-0.25, -0.2) is 9.59 Å². The first-order valence-corrected chi connectivity index (χ1v) is 8.47. The van der Waals surface area contributed by atoms with Crippen LogP contribution in [0.5, 0.6) is 5.75 Å². The van der Waals surface area contributed by atoms with Crippen molar-refractivity contribution in [1.82, 2.24) is 9.80 Å². The highest BCUT2D eigenvalue weighted by Gasteiger charge is 2.25. The zero-order chi connectivity index (χ0) is 19.1. The Hall–Kier alpha value is -2.77. The molecule has 0 radical (unpaired) electrons. The van der Waals surface area contributed by atoms with Gasteiger partial charge in [-0.3, -0.25) is 4.79 Å². The quantitative estimate of drug-likeness (QED) is 0.736. The van der Waals surface area contributed by atoms with Crippen molar-refractivity contribution in [1.29, 1.82) is 0 Å². The van der Waals surface area contributed by atoms with Crippen LogP contribution in [0.25, 0.3) is 0 Å². The van der Waals surface area contributed by atoms with Crippen LogP contribution < -0.4 is 4.74 Å². The first-order valence-electron chi connectivity index (χ1n) is 8.47. The van der Waals surface area contributed by atoms with Crippen molar-refractivity contribution < 1.29 is 28.6 Å². The topological polar surface area (TPSA) is 85.4 Å². The Morgan fingerprint density at radius 2 is 1.69 bits per heavy atom. The molecular weight excluding hydrogens is 340 g/mol. The Balaban J connectivity index is 1.82. The van der Waals surface area contributed by atoms with E-state index in [-0.39, 0.29) is 18.6 Å². The number of ether oxygens (including phenoxy) is 3. The number of hydrogen-bond donors (Lipinski definition) is 0. The molecule has 0 unspecified atom stereocenters. The summed E-state index contributed by atoms with van der Waals surface area (Å²) in [5.74, 6) is -0.288. The molecule has 1 aromatic rings. The largest absolute Gasteiger partial charge is 0.496 e. The lowest BCUT2D eigenvalue weighted by molar-refractivity contribution is -0.136. The van der Waals surface area contributed by atoms with E-state index in [0.29, 0.717) is 44.1 Å². The summed E-state index contributed by atoms with van der Waals surface area (Å²) in [6.07, 6.45) is -0.376. The maximum atomic E-state index is 12.2. The van der Waals surface area contributed by atoms with Crippen LogP contribution in [-0.4, -0.2) is 74.3 Å². The van der Waals surface area contributed by atoms with Gasteiger partial charge < -0.3 is 24.0 Å². The van der Waals surface area contributed by atoms with Gasteiger partial charge >= 0.3 is 12.1 Å². The van der Waals surface area contributed by atoms with Crippen LogP contribution >= 0.6 is 0 Å². The molecule has 0 bridgehead atoms. The van der Waals surface area contributed by atoms with Crippen LogP contribution in [0.1, 0.15) is 22.8 Å². The highest BCUT2D eigenvalue weighted by molar-refractivity contribution is 5.91. The van der Waals surface area contributed by atoms with Gasteiger partial charge in [0.05, 0.1) is 19.3 Å². The van der Waals surface area contributed by atoms with Crippen LogP contribution in [0.3, 0.4) is 0 Å². The molecule has 0 aliphatic carbocycles. The van der Waals surface area contributed by atoms with E-state index in [4.69, 9.17) is 14.2 Å². The molecule has 1 heterocycles. The van der Waals surface area contributed by atoms with E-state index in [0.717, 1.165) is 5.56 Å². The highest BCUT2D eigenvalue weighted by Crippen LogP contribution is 2.19. The first kappa shape index (κ1) is 19.6. The number of piperazine rings is 1. The Labute approximate surface area is 152 Å². The molecule has 26 heavy (non-hydrogen) atoms. The van der Waals surface area contributed by atoms with Gasteiger partial charge in [-0.1, -0.05) is 6.07 Å². The molecule has 2 amide bonds. The predicted octanol–water partition coefficient (Wildman–Crippen LogP) is 1.46. The van der Waals surface area contributed by atoms with Crippen molar-refractivity contribution in [2.75, 3.05) is 46.5 Å². The molecule has 0 N–H and O–H groups in total. The van der Waals surface area contributed by atoms with Gasteiger partial charge in [0.1, 0.15) is 5.75 Å². The number of nitrogens with zero attached hydrogens (tertiary/aromatic N) is 2. The summed E-state index contributed by atoms with van der Waals surface area (Å²) in [7, 11) is 1.52. The van der Waals surface area contributed by atoms with Crippen molar-refractivity contribution in [3.05, 3.63) is 29.3 Å². The van der Waals surface area contributed by atoms with Crippen LogP contribution in [0.4, 0.5) is 4.79 Å². The van der Waals surface area contributed by atoms with Gasteiger partial charge in [-0.2, -0.15) is 0 Å².